The summed E-state index contributed by atoms with van der Waals surface area (Å²) in [7, 11) is 8.03. The van der Waals surface area contributed by atoms with E-state index in [0.29, 0.717) is 62.3 Å². The van der Waals surface area contributed by atoms with Gasteiger partial charge in [0.15, 0.2) is 0 Å². The number of nitrogens with zero attached hydrogens (tertiary/aromatic N) is 18. The Morgan fingerprint density at radius 2 is 0.677 bits per heavy atom. The van der Waals surface area contributed by atoms with Gasteiger partial charge < -0.3 is 35.2 Å². The molecule has 5 aromatic rings. The molecule has 0 atom stereocenters. The molecular formula is C34H47Cl8N21O2. The number of nitrogens with one attached hydrogen (secondary N) is 3. The van der Waals surface area contributed by atoms with E-state index in [2.05, 4.69) is 108 Å². The predicted octanol–water partition coefficient (Wildman–Crippen LogP) is 5.82. The molecule has 31 heteroatoms. The highest BCUT2D eigenvalue weighted by Gasteiger charge is 2.09. The fourth-order valence-corrected chi connectivity index (χ4v) is 6.18. The van der Waals surface area contributed by atoms with Gasteiger partial charge in [-0.3, -0.25) is 4.90 Å². The molecule has 0 aliphatic carbocycles. The Hall–Kier alpha value is -3.75. The number of likely N-dealkylation sites (N-methyl/N-ethyl adjacent to an activating group) is 1. The lowest BCUT2D eigenvalue weighted by molar-refractivity contribution is 0.190. The van der Waals surface area contributed by atoms with Gasteiger partial charge in [-0.1, -0.05) is 0 Å². The highest BCUT2D eigenvalue weighted by molar-refractivity contribution is 6.32. The number of hydrogen-bond acceptors (Lipinski definition) is 23. The molecule has 356 valence electrons. The highest BCUT2D eigenvalue weighted by Crippen LogP contribution is 2.13. The van der Waals surface area contributed by atoms with E-state index < -0.39 is 0 Å². The van der Waals surface area contributed by atoms with Crippen LogP contribution in [0.25, 0.3) is 0 Å². The molecule has 0 unspecified atom stereocenters. The van der Waals surface area contributed by atoms with E-state index in [1.807, 2.05) is 26.0 Å². The third-order valence-electron chi connectivity index (χ3n) is 7.61. The zero-order valence-electron chi connectivity index (χ0n) is 36.1. The molecule has 0 bridgehead atoms. The first-order valence-electron chi connectivity index (χ1n) is 19.4. The van der Waals surface area contributed by atoms with E-state index in [9.17, 15) is 0 Å². The molecule has 0 aliphatic rings. The number of aryl methyl sites for hydroxylation is 2. The molecule has 0 saturated carbocycles. The monoisotopic (exact) mass is 1060 g/mol. The lowest BCUT2D eigenvalue weighted by atomic mass is 10.3. The molecule has 23 nitrogen and oxygen atoms in total. The van der Waals surface area contributed by atoms with Crippen LogP contribution in [0.3, 0.4) is 0 Å². The summed E-state index contributed by atoms with van der Waals surface area (Å²) in [6.45, 7) is 10.6. The Morgan fingerprint density at radius 3 is 1.06 bits per heavy atom. The second kappa shape index (κ2) is 30.5. The van der Waals surface area contributed by atoms with Crippen LogP contribution in [0.5, 0.6) is 12.0 Å². The summed E-state index contributed by atoms with van der Waals surface area (Å²) < 4.78 is 10.8. The van der Waals surface area contributed by atoms with Crippen LogP contribution in [0.4, 0.5) is 17.8 Å². The SMILES string of the molecule is CN(C)CCCNc1nc(Cl)nc(Cl)n1.Cc1nc(Cl)nc(NCCCN(C)CCCNc2nc(Cl)nc(Cl)n2)n1.Cc1nc(Cl)nc(OCCN(C)CCOc2nc(Cl)nc(Cl)n2)n1. The summed E-state index contributed by atoms with van der Waals surface area (Å²) in [6, 6.07) is 0.284. The first kappa shape index (κ1) is 55.6. The zero-order valence-corrected chi connectivity index (χ0v) is 42.1. The molecule has 0 aromatic carbocycles. The van der Waals surface area contributed by atoms with Gasteiger partial charge in [0.05, 0.1) is 0 Å². The highest BCUT2D eigenvalue weighted by atomic mass is 35.5. The van der Waals surface area contributed by atoms with Crippen LogP contribution in [0, 0.1) is 13.8 Å². The average Bonchev–Trinajstić information content (AvgIpc) is 3.19. The van der Waals surface area contributed by atoms with Gasteiger partial charge in [0.2, 0.25) is 60.1 Å². The minimum atomic E-state index is -0.0157. The van der Waals surface area contributed by atoms with Gasteiger partial charge in [0.25, 0.3) is 0 Å². The number of aromatic nitrogens is 15. The number of rotatable bonds is 23. The molecule has 0 radical (unpaired) electrons. The molecule has 0 spiro atoms. The van der Waals surface area contributed by atoms with Crippen molar-refractivity contribution in [3.05, 3.63) is 53.9 Å². The van der Waals surface area contributed by atoms with Gasteiger partial charge in [-0.25, -0.2) is 9.97 Å². The topological polar surface area (TPSA) is 258 Å². The third kappa shape index (κ3) is 25.7. The Kier molecular flexibility index (Phi) is 26.1. The van der Waals surface area contributed by atoms with E-state index >= 15 is 0 Å². The van der Waals surface area contributed by atoms with Crippen molar-refractivity contribution in [1.29, 1.82) is 0 Å². The minimum Gasteiger partial charge on any atom is -0.462 e. The van der Waals surface area contributed by atoms with Crippen LogP contribution >= 0.6 is 92.8 Å². The number of halogens is 8. The van der Waals surface area contributed by atoms with Crippen molar-refractivity contribution < 1.29 is 9.47 Å². The van der Waals surface area contributed by atoms with Crippen LogP contribution in [-0.2, 0) is 0 Å². The van der Waals surface area contributed by atoms with E-state index in [-0.39, 0.29) is 54.3 Å². The fraction of sp³-hybridized carbons (Fsp3) is 0.559. The van der Waals surface area contributed by atoms with E-state index in [1.165, 1.54) is 0 Å². The minimum absolute atomic E-state index is 0.0157. The smallest absolute Gasteiger partial charge is 0.322 e. The van der Waals surface area contributed by atoms with Gasteiger partial charge in [-0.2, -0.15) is 64.8 Å². The molecule has 0 saturated heterocycles. The molecular weight excluding hydrogens is 1020 g/mol. The third-order valence-corrected chi connectivity index (χ3v) is 8.97. The number of anilines is 3. The normalized spacial score (nSPS) is 10.9. The molecule has 5 rings (SSSR count). The van der Waals surface area contributed by atoms with Crippen molar-refractivity contribution in [2.45, 2.75) is 33.1 Å². The quantitative estimate of drug-likeness (QED) is 0.0651. The second-order valence-electron chi connectivity index (χ2n) is 13.4. The summed E-state index contributed by atoms with van der Waals surface area (Å²) in [4.78, 5) is 64.5. The summed E-state index contributed by atoms with van der Waals surface area (Å²) in [6.07, 6.45) is 2.87. The summed E-state index contributed by atoms with van der Waals surface area (Å²) in [5.74, 6) is 2.40. The second-order valence-corrected chi connectivity index (χ2v) is 16.1. The van der Waals surface area contributed by atoms with Gasteiger partial charge in [-0.15, -0.1) is 0 Å². The van der Waals surface area contributed by atoms with Gasteiger partial charge in [0.1, 0.15) is 24.9 Å². The fourth-order valence-electron chi connectivity index (χ4n) is 4.71. The summed E-state index contributed by atoms with van der Waals surface area (Å²) in [5, 5.41) is 9.88. The van der Waals surface area contributed by atoms with Crippen LogP contribution in [0.1, 0.15) is 30.9 Å². The first-order chi connectivity index (χ1) is 30.9. The van der Waals surface area contributed by atoms with Crippen molar-refractivity contribution in [2.24, 2.45) is 0 Å². The van der Waals surface area contributed by atoms with Crippen LogP contribution in [-0.4, -0.2) is 183 Å². The summed E-state index contributed by atoms with van der Waals surface area (Å²) in [5.41, 5.74) is 0. The van der Waals surface area contributed by atoms with Crippen molar-refractivity contribution >= 4 is 111 Å². The predicted molar refractivity (Wildman–Crippen MR) is 253 cm³/mol. The maximum atomic E-state index is 5.80. The van der Waals surface area contributed by atoms with Crippen molar-refractivity contribution in [2.75, 3.05) is 110 Å². The molecule has 0 fully saturated rings. The molecule has 65 heavy (non-hydrogen) atoms. The maximum Gasteiger partial charge on any atom is 0.322 e. The standard InChI is InChI=1S/C14H20Cl3N9.C12H14Cl3N7O2.C8H13Cl2N5/c1-9-20-10(15)23-13(21-9)18-5-3-7-26(2)8-4-6-19-14-24-11(16)22-12(17)25-14;1-7-16-8(13)19-11(17-7)23-5-3-22(2)4-6-24-12-20-9(14)18-10(15)21-12;1-15(2)5-3-4-11-8-13-6(9)12-7(10)14-8/h3-8H2,1-2H3,(H,18,20,21,23)(H,19,22,24,25);3-6H2,1-2H3;3-5H2,1-2H3,(H,11,12,13,14). The number of hydrogen-bond donors (Lipinski definition) is 3. The van der Waals surface area contributed by atoms with Crippen molar-refractivity contribution in [3.63, 3.8) is 0 Å². The molecule has 3 N–H and O–H groups in total. The Morgan fingerprint density at radius 1 is 0.369 bits per heavy atom. The Labute approximate surface area is 415 Å². The Balaban J connectivity index is 0.000000268. The van der Waals surface area contributed by atoms with Crippen LogP contribution in [0.15, 0.2) is 0 Å². The maximum absolute atomic E-state index is 5.80. The van der Waals surface area contributed by atoms with Gasteiger partial charge in [0, 0.05) is 32.7 Å². The lowest BCUT2D eigenvalue weighted by Crippen LogP contribution is -2.29. The van der Waals surface area contributed by atoms with Crippen LogP contribution in [0.2, 0.25) is 42.3 Å². The number of ether oxygens (including phenoxy) is 2. The first-order valence-corrected chi connectivity index (χ1v) is 22.4. The zero-order chi connectivity index (χ0) is 47.7. The van der Waals surface area contributed by atoms with Crippen molar-refractivity contribution in [3.8, 4) is 12.0 Å². The van der Waals surface area contributed by atoms with Gasteiger partial charge >= 0.3 is 12.0 Å². The van der Waals surface area contributed by atoms with Gasteiger partial charge in [-0.05, 0) is 174 Å². The molecule has 5 aromatic heterocycles. The largest absolute Gasteiger partial charge is 0.462 e. The Bertz CT molecular complexity index is 1970. The van der Waals surface area contributed by atoms with E-state index in [1.54, 1.807) is 13.8 Å². The van der Waals surface area contributed by atoms with E-state index in [0.717, 1.165) is 52.0 Å². The summed E-state index contributed by atoms with van der Waals surface area (Å²) >= 11 is 45.5. The van der Waals surface area contributed by atoms with Crippen molar-refractivity contribution in [1.82, 2.24) is 89.5 Å². The van der Waals surface area contributed by atoms with E-state index in [4.69, 9.17) is 102 Å². The van der Waals surface area contributed by atoms with Crippen LogP contribution < -0.4 is 25.4 Å². The lowest BCUT2D eigenvalue weighted by Gasteiger charge is -2.16. The average molecular weight is 1070 g/mol. The molecule has 5 heterocycles. The molecule has 0 amide bonds. The molecule has 0 aliphatic heterocycles.